The van der Waals surface area contributed by atoms with Crippen molar-refractivity contribution >= 4 is 35.6 Å². The molecular weight excluding hydrogens is 714 g/mol. The van der Waals surface area contributed by atoms with Gasteiger partial charge in [-0.1, -0.05) is 49.2 Å². The smallest absolute Gasteiger partial charge is 0.355 e. The highest BCUT2D eigenvalue weighted by molar-refractivity contribution is 6.32. The summed E-state index contributed by atoms with van der Waals surface area (Å²) < 4.78 is 10.8. The first kappa shape index (κ1) is 38.1. The number of ether oxygens (including phenoxy) is 2. The van der Waals surface area contributed by atoms with E-state index in [4.69, 9.17) is 9.47 Å². The van der Waals surface area contributed by atoms with Crippen LogP contribution >= 0.6 is 0 Å². The van der Waals surface area contributed by atoms with E-state index >= 15 is 0 Å². The van der Waals surface area contributed by atoms with Crippen LogP contribution in [-0.4, -0.2) is 114 Å². The zero-order valence-corrected chi connectivity index (χ0v) is 29.7. The number of carboxylic acid groups (broad SMARTS) is 1. The monoisotopic (exact) mass is 757 g/mol. The molecule has 4 aliphatic rings. The molecule has 3 aromatic carbocycles. The van der Waals surface area contributed by atoms with Crippen LogP contribution < -0.4 is 9.64 Å². The van der Waals surface area contributed by atoms with Gasteiger partial charge in [0.1, 0.15) is 36.8 Å². The molecule has 3 aromatic rings. The molecule has 290 valence electrons. The number of aliphatic carboxylic acids is 1. The van der Waals surface area contributed by atoms with E-state index in [0.717, 1.165) is 42.2 Å². The minimum atomic E-state index is -3.09. The topological polar surface area (TPSA) is 242 Å². The number of carbonyl (C=O) groups is 2. The van der Waals surface area contributed by atoms with Crippen molar-refractivity contribution in [3.05, 3.63) is 89.0 Å². The van der Waals surface area contributed by atoms with Crippen molar-refractivity contribution < 1.29 is 59.9 Å². The van der Waals surface area contributed by atoms with Crippen LogP contribution in [0.3, 0.4) is 0 Å². The highest BCUT2D eigenvalue weighted by atomic mass is 16.8. The minimum absolute atomic E-state index is 0.0291. The quantitative estimate of drug-likeness (QED) is 0.104. The van der Waals surface area contributed by atoms with Crippen molar-refractivity contribution in [3.63, 3.8) is 0 Å². The van der Waals surface area contributed by atoms with Crippen LogP contribution in [0.5, 0.6) is 17.2 Å². The highest BCUT2D eigenvalue weighted by Crippen LogP contribution is 2.55. The van der Waals surface area contributed by atoms with Crippen molar-refractivity contribution in [3.8, 4) is 17.2 Å². The number of anilines is 1. The Bertz CT molecular complexity index is 2030. The highest BCUT2D eigenvalue weighted by Gasteiger charge is 2.56. The van der Waals surface area contributed by atoms with Crippen LogP contribution in [0, 0.1) is 0 Å². The summed E-state index contributed by atoms with van der Waals surface area (Å²) in [5.74, 6) is -7.08. The maximum absolute atomic E-state index is 14.3. The summed E-state index contributed by atoms with van der Waals surface area (Å²) in [5.41, 5.74) is 2.73. The third-order valence-electron chi connectivity index (χ3n) is 11.1. The number of carboxylic acids is 1. The van der Waals surface area contributed by atoms with E-state index in [9.17, 15) is 50.4 Å². The lowest BCUT2D eigenvalue weighted by Crippen LogP contribution is -2.67. The van der Waals surface area contributed by atoms with Crippen LogP contribution in [0.1, 0.15) is 60.3 Å². The zero-order valence-electron chi connectivity index (χ0n) is 29.7. The Kier molecular flexibility index (Phi) is 10.5. The summed E-state index contributed by atoms with van der Waals surface area (Å²) >= 11 is 0. The van der Waals surface area contributed by atoms with E-state index in [1.54, 1.807) is 18.3 Å². The molecule has 1 aliphatic carbocycles. The van der Waals surface area contributed by atoms with Crippen molar-refractivity contribution in [1.29, 1.82) is 0 Å². The number of fused-ring (bicyclic) bond motifs is 1. The Morgan fingerprint density at radius 2 is 1.73 bits per heavy atom. The maximum Gasteiger partial charge on any atom is 0.355 e. The molecule has 1 amide bonds. The molecule has 8 N–H and O–H groups in total. The lowest BCUT2D eigenvalue weighted by Gasteiger charge is -2.44. The molecule has 15 nitrogen and oxygen atoms in total. The molecule has 0 radical (unpaired) electrons. The molecule has 55 heavy (non-hydrogen) atoms. The second kappa shape index (κ2) is 15.2. The number of aliphatic hydroxyl groups is 5. The van der Waals surface area contributed by atoms with Crippen LogP contribution in [0.2, 0.25) is 0 Å². The van der Waals surface area contributed by atoms with E-state index in [-0.39, 0.29) is 11.4 Å². The number of aromatic hydroxyl groups is 2. The van der Waals surface area contributed by atoms with Gasteiger partial charge in [-0.2, -0.15) is 0 Å². The number of phenolic OH excluding ortho intramolecular Hbond substituents is 2. The third kappa shape index (κ3) is 7.22. The second-order valence-electron chi connectivity index (χ2n) is 14.5. The number of phenols is 2. The number of hydrogen-bond donors (Lipinski definition) is 8. The molecule has 1 saturated heterocycles. The van der Waals surface area contributed by atoms with Gasteiger partial charge in [0, 0.05) is 36.3 Å². The molecular formula is C40H43N3O12. The van der Waals surface area contributed by atoms with E-state index in [2.05, 4.69) is 9.98 Å². The van der Waals surface area contributed by atoms with Gasteiger partial charge in [0.25, 0.3) is 5.91 Å². The SMILES string of the molecule is O=C(O)C1C(CC2(c3ccccc3)CCCC2)c2cc(O)c(OC3(O)OC(CO)C(O)C(O)C3O)cc2N1C(=O)C=Cc1ccc(O)c(CC2=NCN=C2)c1. The number of aliphatic hydroxyl groups excluding tert-OH is 4. The number of aliphatic imine (C=N–C) groups is 2. The summed E-state index contributed by atoms with van der Waals surface area (Å²) in [4.78, 5) is 37.0. The molecule has 7 atom stereocenters. The Balaban J connectivity index is 1.29. The molecule has 15 heteroatoms. The third-order valence-corrected chi connectivity index (χ3v) is 11.1. The lowest BCUT2D eigenvalue weighted by molar-refractivity contribution is -0.422. The van der Waals surface area contributed by atoms with E-state index in [1.807, 2.05) is 30.3 Å². The molecule has 3 aliphatic heterocycles. The summed E-state index contributed by atoms with van der Waals surface area (Å²) in [5, 5.41) is 84.8. The molecule has 1 saturated carbocycles. The predicted molar refractivity (Wildman–Crippen MR) is 198 cm³/mol. The van der Waals surface area contributed by atoms with Gasteiger partial charge in [-0.15, -0.1) is 0 Å². The largest absolute Gasteiger partial charge is 0.508 e. The fourth-order valence-corrected chi connectivity index (χ4v) is 8.38. The summed E-state index contributed by atoms with van der Waals surface area (Å²) in [6.07, 6.45) is 0.623. The lowest BCUT2D eigenvalue weighted by atomic mass is 9.70. The van der Waals surface area contributed by atoms with Crippen LogP contribution in [-0.2, 0) is 26.2 Å². The Morgan fingerprint density at radius 1 is 0.982 bits per heavy atom. The molecule has 3 heterocycles. The minimum Gasteiger partial charge on any atom is -0.508 e. The first-order valence-corrected chi connectivity index (χ1v) is 18.1. The van der Waals surface area contributed by atoms with E-state index in [0.29, 0.717) is 41.9 Å². The molecule has 7 rings (SSSR count). The first-order chi connectivity index (χ1) is 26.3. The van der Waals surface area contributed by atoms with Gasteiger partial charge in [0.05, 0.1) is 18.0 Å². The second-order valence-corrected chi connectivity index (χ2v) is 14.5. The Labute approximate surface area is 315 Å². The molecule has 0 bridgehead atoms. The fraction of sp³-hybridized carbons (Fsp3) is 0.400. The van der Waals surface area contributed by atoms with Crippen LogP contribution in [0.25, 0.3) is 6.08 Å². The normalized spacial score (nSPS) is 28.4. The number of amides is 1. The summed E-state index contributed by atoms with van der Waals surface area (Å²) in [6.45, 7) is -0.566. The van der Waals surface area contributed by atoms with Gasteiger partial charge in [-0.3, -0.25) is 19.7 Å². The van der Waals surface area contributed by atoms with E-state index < -0.39 is 77.7 Å². The van der Waals surface area contributed by atoms with Crippen LogP contribution in [0.15, 0.2) is 76.7 Å². The van der Waals surface area contributed by atoms with E-state index in [1.165, 1.54) is 24.3 Å². The van der Waals surface area contributed by atoms with Crippen molar-refractivity contribution in [2.24, 2.45) is 9.98 Å². The number of nitrogens with zero attached hydrogens (tertiary/aromatic N) is 3. The van der Waals surface area contributed by atoms with Gasteiger partial charge >= 0.3 is 11.9 Å². The fourth-order valence-electron chi connectivity index (χ4n) is 8.38. The summed E-state index contributed by atoms with van der Waals surface area (Å²) in [7, 11) is 0. The molecule has 0 spiro atoms. The zero-order chi connectivity index (χ0) is 39.1. The molecule has 2 fully saturated rings. The Hall–Kier alpha value is -5.16. The average Bonchev–Trinajstić information content (AvgIpc) is 3.94. The van der Waals surface area contributed by atoms with Crippen molar-refractivity contribution in [2.45, 2.75) is 86.3 Å². The Morgan fingerprint density at radius 3 is 2.40 bits per heavy atom. The van der Waals surface area contributed by atoms with Gasteiger partial charge < -0.3 is 50.3 Å². The van der Waals surface area contributed by atoms with Gasteiger partial charge in [0.2, 0.25) is 0 Å². The molecule has 0 aromatic heterocycles. The predicted octanol–water partition coefficient (Wildman–Crippen LogP) is 2.12. The number of hydrogen-bond acceptors (Lipinski definition) is 13. The summed E-state index contributed by atoms with van der Waals surface area (Å²) in [6, 6.07) is 15.5. The van der Waals surface area contributed by atoms with Gasteiger partial charge in [0.15, 0.2) is 17.6 Å². The number of carbonyl (C=O) groups excluding carboxylic acids is 1. The first-order valence-electron chi connectivity index (χ1n) is 18.1. The van der Waals surface area contributed by atoms with Crippen molar-refractivity contribution in [1.82, 2.24) is 0 Å². The van der Waals surface area contributed by atoms with Gasteiger partial charge in [-0.05, 0) is 65.6 Å². The number of benzene rings is 3. The van der Waals surface area contributed by atoms with Crippen LogP contribution in [0.4, 0.5) is 5.69 Å². The average molecular weight is 758 g/mol. The standard InChI is InChI=1S/C40H43N3O12/c44-20-32-35(48)36(49)37(50)40(53,55-32)54-31-17-28-26(16-30(31)46)27(18-39(12-4-5-13-39)24-6-2-1-3-7-24)34(38(51)52)43(28)33(47)11-9-22-8-10-29(45)23(14-22)15-25-19-41-21-42-25/h1-3,6-11,14,16-17,19,27,32,34-37,44-46,48-50,53H,4-5,12-13,15,18,20-21H2,(H,51,52). The molecule has 7 unspecified atom stereocenters. The van der Waals surface area contributed by atoms with Crippen molar-refractivity contribution in [2.75, 3.05) is 18.2 Å². The van der Waals surface area contributed by atoms with Gasteiger partial charge in [-0.25, -0.2) is 4.79 Å². The maximum atomic E-state index is 14.3. The number of rotatable bonds is 11.